The summed E-state index contributed by atoms with van der Waals surface area (Å²) in [7, 11) is 0. The summed E-state index contributed by atoms with van der Waals surface area (Å²) in [5, 5.41) is 3.67. The number of benzene rings is 1. The molecule has 1 aromatic rings. The van der Waals surface area contributed by atoms with Crippen LogP contribution in [0.15, 0.2) is 30.3 Å². The molecule has 1 aliphatic carbocycles. The Morgan fingerprint density at radius 1 is 1.12 bits per heavy atom. The summed E-state index contributed by atoms with van der Waals surface area (Å²) in [5.41, 5.74) is 2.06. The second-order valence-corrected chi connectivity index (χ2v) is 5.47. The van der Waals surface area contributed by atoms with Gasteiger partial charge < -0.3 is 5.32 Å². The quantitative estimate of drug-likeness (QED) is 0.735. The van der Waals surface area contributed by atoms with Gasteiger partial charge in [-0.1, -0.05) is 50.1 Å². The molecular weight excluding hydrogens is 206 g/mol. The van der Waals surface area contributed by atoms with Crippen molar-refractivity contribution in [3.05, 3.63) is 35.9 Å². The third kappa shape index (κ3) is 3.57. The summed E-state index contributed by atoms with van der Waals surface area (Å²) in [6.45, 7) is 4.69. The molecule has 0 atom stereocenters. The minimum absolute atomic E-state index is 0.622. The third-order valence-electron chi connectivity index (χ3n) is 4.35. The van der Waals surface area contributed by atoms with Crippen LogP contribution in [0.3, 0.4) is 0 Å². The van der Waals surface area contributed by atoms with E-state index >= 15 is 0 Å². The zero-order valence-electron chi connectivity index (χ0n) is 11.0. The highest BCUT2D eigenvalue weighted by Crippen LogP contribution is 2.40. The molecule has 1 aromatic carbocycles. The second kappa shape index (κ2) is 6.20. The zero-order chi connectivity index (χ0) is 12.0. The molecule has 1 N–H and O–H groups in total. The lowest BCUT2D eigenvalue weighted by atomic mass is 9.83. The fourth-order valence-electron chi connectivity index (χ4n) is 3.01. The fourth-order valence-corrected chi connectivity index (χ4v) is 3.01. The van der Waals surface area contributed by atoms with Crippen molar-refractivity contribution in [2.24, 2.45) is 5.41 Å². The summed E-state index contributed by atoms with van der Waals surface area (Å²) < 4.78 is 0. The maximum absolute atomic E-state index is 3.67. The average molecular weight is 231 g/mol. The molecule has 2 rings (SSSR count). The van der Waals surface area contributed by atoms with Gasteiger partial charge in [0.05, 0.1) is 0 Å². The molecule has 1 heteroatoms. The van der Waals surface area contributed by atoms with E-state index in [2.05, 4.69) is 42.6 Å². The molecule has 1 fully saturated rings. The first-order valence-corrected chi connectivity index (χ1v) is 7.09. The van der Waals surface area contributed by atoms with Crippen molar-refractivity contribution in [2.75, 3.05) is 13.1 Å². The van der Waals surface area contributed by atoms with Gasteiger partial charge in [-0.15, -0.1) is 0 Å². The van der Waals surface area contributed by atoms with Gasteiger partial charge in [0, 0.05) is 6.54 Å². The molecule has 0 radical (unpaired) electrons. The number of hydrogen-bond acceptors (Lipinski definition) is 1. The summed E-state index contributed by atoms with van der Waals surface area (Å²) in [6.07, 6.45) is 8.23. The summed E-state index contributed by atoms with van der Waals surface area (Å²) in [4.78, 5) is 0. The number of rotatable bonds is 6. The van der Waals surface area contributed by atoms with Crippen molar-refractivity contribution in [2.45, 2.75) is 45.4 Å². The standard InChI is InChI=1S/C16H25N/c1-2-16(11-6-7-12-16)14-17-13-10-15-8-4-3-5-9-15/h3-5,8-9,17H,2,6-7,10-14H2,1H3. The van der Waals surface area contributed by atoms with Crippen LogP contribution in [0.4, 0.5) is 0 Å². The summed E-state index contributed by atoms with van der Waals surface area (Å²) in [5.74, 6) is 0. The van der Waals surface area contributed by atoms with E-state index in [-0.39, 0.29) is 0 Å². The first-order valence-electron chi connectivity index (χ1n) is 7.09. The van der Waals surface area contributed by atoms with Crippen LogP contribution in [-0.4, -0.2) is 13.1 Å². The van der Waals surface area contributed by atoms with Crippen molar-refractivity contribution in [1.82, 2.24) is 5.32 Å². The Morgan fingerprint density at radius 3 is 2.47 bits per heavy atom. The minimum atomic E-state index is 0.622. The molecule has 1 nitrogen and oxygen atoms in total. The third-order valence-corrected chi connectivity index (χ3v) is 4.35. The van der Waals surface area contributed by atoms with Crippen molar-refractivity contribution < 1.29 is 0 Å². The highest BCUT2D eigenvalue weighted by Gasteiger charge is 2.31. The maximum atomic E-state index is 3.67. The second-order valence-electron chi connectivity index (χ2n) is 5.47. The lowest BCUT2D eigenvalue weighted by molar-refractivity contribution is 0.270. The Labute approximate surface area is 106 Å². The van der Waals surface area contributed by atoms with Gasteiger partial charge in [-0.25, -0.2) is 0 Å². The molecule has 0 aliphatic heterocycles. The van der Waals surface area contributed by atoms with Crippen LogP contribution in [0.2, 0.25) is 0 Å². The normalized spacial score (nSPS) is 18.4. The van der Waals surface area contributed by atoms with Crippen molar-refractivity contribution >= 4 is 0 Å². The lowest BCUT2D eigenvalue weighted by Gasteiger charge is -2.27. The zero-order valence-corrected chi connectivity index (χ0v) is 11.0. The van der Waals surface area contributed by atoms with Crippen LogP contribution in [0.1, 0.15) is 44.6 Å². The van der Waals surface area contributed by atoms with Crippen LogP contribution < -0.4 is 5.32 Å². The van der Waals surface area contributed by atoms with Gasteiger partial charge in [0.25, 0.3) is 0 Å². The average Bonchev–Trinajstić information content (AvgIpc) is 2.85. The molecule has 0 aromatic heterocycles. The highest BCUT2D eigenvalue weighted by atomic mass is 14.9. The van der Waals surface area contributed by atoms with Gasteiger partial charge in [0.15, 0.2) is 0 Å². The van der Waals surface area contributed by atoms with E-state index in [0.29, 0.717) is 5.41 Å². The van der Waals surface area contributed by atoms with E-state index in [1.54, 1.807) is 0 Å². The van der Waals surface area contributed by atoms with Crippen molar-refractivity contribution in [3.8, 4) is 0 Å². The van der Waals surface area contributed by atoms with Crippen LogP contribution in [-0.2, 0) is 6.42 Å². The molecule has 1 aliphatic rings. The Bertz CT molecular complexity index is 312. The Hall–Kier alpha value is -0.820. The lowest BCUT2D eigenvalue weighted by Crippen LogP contribution is -2.32. The van der Waals surface area contributed by atoms with Gasteiger partial charge in [0.2, 0.25) is 0 Å². The van der Waals surface area contributed by atoms with E-state index in [9.17, 15) is 0 Å². The number of hydrogen-bond donors (Lipinski definition) is 1. The van der Waals surface area contributed by atoms with Gasteiger partial charge in [-0.2, -0.15) is 0 Å². The van der Waals surface area contributed by atoms with Crippen LogP contribution in [0.5, 0.6) is 0 Å². The molecule has 17 heavy (non-hydrogen) atoms. The SMILES string of the molecule is CCC1(CNCCc2ccccc2)CCCC1. The van der Waals surface area contributed by atoms with Gasteiger partial charge >= 0.3 is 0 Å². The Morgan fingerprint density at radius 2 is 1.82 bits per heavy atom. The van der Waals surface area contributed by atoms with Crippen LogP contribution in [0, 0.1) is 5.41 Å². The molecular formula is C16H25N. The van der Waals surface area contributed by atoms with Gasteiger partial charge in [-0.3, -0.25) is 0 Å². The monoisotopic (exact) mass is 231 g/mol. The Balaban J connectivity index is 1.69. The molecule has 0 heterocycles. The first-order chi connectivity index (χ1) is 8.35. The smallest absolute Gasteiger partial charge is 0.000783 e. The van der Waals surface area contributed by atoms with Gasteiger partial charge in [-0.05, 0) is 43.2 Å². The van der Waals surface area contributed by atoms with Crippen molar-refractivity contribution in [1.29, 1.82) is 0 Å². The molecule has 0 bridgehead atoms. The molecule has 0 unspecified atom stereocenters. The topological polar surface area (TPSA) is 12.0 Å². The van der Waals surface area contributed by atoms with E-state index in [1.807, 2.05) is 0 Å². The fraction of sp³-hybridized carbons (Fsp3) is 0.625. The highest BCUT2D eigenvalue weighted by molar-refractivity contribution is 5.14. The van der Waals surface area contributed by atoms with E-state index < -0.39 is 0 Å². The first kappa shape index (κ1) is 12.6. The van der Waals surface area contributed by atoms with E-state index in [1.165, 1.54) is 44.2 Å². The van der Waals surface area contributed by atoms with Crippen molar-refractivity contribution in [3.63, 3.8) is 0 Å². The molecule has 0 spiro atoms. The maximum Gasteiger partial charge on any atom is 0.000783 e. The molecule has 1 saturated carbocycles. The van der Waals surface area contributed by atoms with Gasteiger partial charge in [0.1, 0.15) is 0 Å². The molecule has 94 valence electrons. The molecule has 0 saturated heterocycles. The van der Waals surface area contributed by atoms with Crippen LogP contribution >= 0.6 is 0 Å². The summed E-state index contributed by atoms with van der Waals surface area (Å²) in [6, 6.07) is 10.8. The Kier molecular flexibility index (Phi) is 4.61. The van der Waals surface area contributed by atoms with E-state index in [0.717, 1.165) is 13.0 Å². The predicted octanol–water partition coefficient (Wildman–Crippen LogP) is 3.79. The van der Waals surface area contributed by atoms with E-state index in [4.69, 9.17) is 0 Å². The predicted molar refractivity (Wildman–Crippen MR) is 74.2 cm³/mol. The summed E-state index contributed by atoms with van der Waals surface area (Å²) >= 11 is 0. The number of nitrogens with one attached hydrogen (secondary N) is 1. The minimum Gasteiger partial charge on any atom is -0.316 e. The molecule has 0 amide bonds. The van der Waals surface area contributed by atoms with Crippen LogP contribution in [0.25, 0.3) is 0 Å². The largest absolute Gasteiger partial charge is 0.316 e.